The van der Waals surface area contributed by atoms with Gasteiger partial charge in [-0.05, 0) is 26.3 Å². The summed E-state index contributed by atoms with van der Waals surface area (Å²) in [6.45, 7) is 1.54. The molecule has 0 spiro atoms. The second kappa shape index (κ2) is 9.19. The smallest absolute Gasteiger partial charge is 0.234 e. The van der Waals surface area contributed by atoms with Crippen LogP contribution in [0.5, 0.6) is 0 Å². The van der Waals surface area contributed by atoms with Crippen LogP contribution < -0.4 is 10.6 Å². The highest BCUT2D eigenvalue weighted by atomic mass is 16.5. The molecule has 0 aromatic heterocycles. The maximum Gasteiger partial charge on any atom is 0.234 e. The van der Waals surface area contributed by atoms with Crippen molar-refractivity contribution in [3.8, 4) is 0 Å². The molecule has 0 aliphatic heterocycles. The van der Waals surface area contributed by atoms with Crippen molar-refractivity contribution in [2.24, 2.45) is 0 Å². The van der Waals surface area contributed by atoms with E-state index in [2.05, 4.69) is 22.8 Å². The number of ether oxygens (including phenoxy) is 1. The van der Waals surface area contributed by atoms with Gasteiger partial charge in [0.15, 0.2) is 0 Å². The van der Waals surface area contributed by atoms with Crippen molar-refractivity contribution in [2.75, 3.05) is 26.7 Å². The van der Waals surface area contributed by atoms with Crippen LogP contribution in [0.15, 0.2) is 12.2 Å². The summed E-state index contributed by atoms with van der Waals surface area (Å²) >= 11 is 0. The zero-order valence-electron chi connectivity index (χ0n) is 10.7. The average molecular weight is 240 g/mol. The van der Waals surface area contributed by atoms with Gasteiger partial charge in [-0.15, -0.1) is 0 Å². The number of likely N-dealkylation sites (N-methyl/N-ethyl adjacent to an activating group) is 1. The maximum atomic E-state index is 11.2. The summed E-state index contributed by atoms with van der Waals surface area (Å²) in [5.74, 6) is 0.0179. The molecule has 0 saturated heterocycles. The van der Waals surface area contributed by atoms with Crippen LogP contribution in [0.3, 0.4) is 0 Å². The van der Waals surface area contributed by atoms with Gasteiger partial charge in [0.05, 0.1) is 19.3 Å². The highest BCUT2D eigenvalue weighted by Crippen LogP contribution is 2.13. The van der Waals surface area contributed by atoms with Crippen molar-refractivity contribution in [2.45, 2.75) is 38.2 Å². The van der Waals surface area contributed by atoms with Crippen molar-refractivity contribution in [1.82, 2.24) is 10.6 Å². The van der Waals surface area contributed by atoms with E-state index >= 15 is 0 Å². The molecule has 4 nitrogen and oxygen atoms in total. The molecule has 0 aromatic rings. The topological polar surface area (TPSA) is 50.4 Å². The lowest BCUT2D eigenvalue weighted by Crippen LogP contribution is -2.34. The molecule has 2 N–H and O–H groups in total. The minimum Gasteiger partial charge on any atom is -0.372 e. The third-order valence-corrected chi connectivity index (χ3v) is 2.80. The fourth-order valence-electron chi connectivity index (χ4n) is 1.89. The minimum atomic E-state index is 0.0179. The van der Waals surface area contributed by atoms with E-state index in [9.17, 15) is 4.79 Å². The summed E-state index contributed by atoms with van der Waals surface area (Å²) < 4.78 is 5.73. The Morgan fingerprint density at radius 1 is 1.41 bits per heavy atom. The number of hydrogen-bond acceptors (Lipinski definition) is 3. The van der Waals surface area contributed by atoms with Gasteiger partial charge >= 0.3 is 0 Å². The Bertz CT molecular complexity index is 242. The van der Waals surface area contributed by atoms with Crippen molar-refractivity contribution in [3.63, 3.8) is 0 Å². The first-order valence-corrected chi connectivity index (χ1v) is 6.52. The molecular weight excluding hydrogens is 216 g/mol. The van der Waals surface area contributed by atoms with Gasteiger partial charge in [-0.3, -0.25) is 4.79 Å². The van der Waals surface area contributed by atoms with Gasteiger partial charge in [0.25, 0.3) is 0 Å². The van der Waals surface area contributed by atoms with E-state index in [1.807, 2.05) is 0 Å². The van der Waals surface area contributed by atoms with Crippen molar-refractivity contribution >= 4 is 5.91 Å². The molecule has 4 heteroatoms. The molecule has 0 heterocycles. The van der Waals surface area contributed by atoms with E-state index in [4.69, 9.17) is 4.74 Å². The summed E-state index contributed by atoms with van der Waals surface area (Å²) in [4.78, 5) is 11.2. The lowest BCUT2D eigenvalue weighted by atomic mass is 10.0. The number of nitrogens with one attached hydrogen (secondary N) is 2. The molecule has 1 amide bonds. The number of carbonyl (C=O) groups is 1. The highest BCUT2D eigenvalue weighted by Gasteiger charge is 2.07. The molecule has 0 bridgehead atoms. The monoisotopic (exact) mass is 240 g/mol. The van der Waals surface area contributed by atoms with Crippen LogP contribution in [-0.2, 0) is 9.53 Å². The Morgan fingerprint density at radius 3 is 3.12 bits per heavy atom. The summed E-state index contributed by atoms with van der Waals surface area (Å²) in [6, 6.07) is 0. The van der Waals surface area contributed by atoms with Crippen LogP contribution in [0, 0.1) is 0 Å². The summed E-state index contributed by atoms with van der Waals surface area (Å²) in [5.41, 5.74) is 0. The number of hydrogen-bond donors (Lipinski definition) is 2. The molecule has 1 rings (SSSR count). The van der Waals surface area contributed by atoms with Crippen molar-refractivity contribution in [3.05, 3.63) is 12.2 Å². The predicted molar refractivity (Wildman–Crippen MR) is 68.9 cm³/mol. The Morgan fingerprint density at radius 2 is 2.29 bits per heavy atom. The predicted octanol–water partition coefficient (Wildman–Crippen LogP) is 1.23. The normalized spacial score (nSPS) is 22.5. The minimum absolute atomic E-state index is 0.0179. The van der Waals surface area contributed by atoms with E-state index in [0.29, 0.717) is 19.7 Å². The first kappa shape index (κ1) is 14.2. The van der Waals surface area contributed by atoms with E-state index in [0.717, 1.165) is 6.42 Å². The third-order valence-electron chi connectivity index (χ3n) is 2.80. The van der Waals surface area contributed by atoms with Crippen LogP contribution in [0.25, 0.3) is 0 Å². The lowest BCUT2D eigenvalue weighted by Gasteiger charge is -2.16. The molecule has 1 atom stereocenters. The summed E-state index contributed by atoms with van der Waals surface area (Å²) in [5, 5.41) is 5.61. The van der Waals surface area contributed by atoms with Crippen LogP contribution in [0.4, 0.5) is 0 Å². The van der Waals surface area contributed by atoms with Gasteiger partial charge in [-0.25, -0.2) is 0 Å². The van der Waals surface area contributed by atoms with Crippen LogP contribution in [0.2, 0.25) is 0 Å². The maximum absolute atomic E-state index is 11.2. The number of allylic oxidation sites excluding steroid dienone is 1. The number of amides is 1. The Hall–Kier alpha value is -0.870. The molecule has 0 aromatic carbocycles. The molecule has 0 fully saturated rings. The van der Waals surface area contributed by atoms with E-state index in [1.165, 1.54) is 25.7 Å². The van der Waals surface area contributed by atoms with Gasteiger partial charge < -0.3 is 15.4 Å². The lowest BCUT2D eigenvalue weighted by molar-refractivity contribution is -0.120. The van der Waals surface area contributed by atoms with Crippen molar-refractivity contribution in [1.29, 1.82) is 0 Å². The zero-order chi connectivity index (χ0) is 12.3. The second-order valence-electron chi connectivity index (χ2n) is 4.36. The molecular formula is C13H24N2O2. The quantitative estimate of drug-likeness (QED) is 0.542. The molecule has 98 valence electrons. The Labute approximate surface area is 104 Å². The van der Waals surface area contributed by atoms with Gasteiger partial charge in [0.1, 0.15) is 0 Å². The number of rotatable bonds is 6. The number of carbonyl (C=O) groups excluding carboxylic acids is 1. The SMILES string of the molecule is CNCC(=O)NCCOC1/C=C\CCCCC1. The van der Waals surface area contributed by atoms with Gasteiger partial charge in [0, 0.05) is 6.54 Å². The fraction of sp³-hybridized carbons (Fsp3) is 0.769. The van der Waals surface area contributed by atoms with Gasteiger partial charge in [-0.2, -0.15) is 0 Å². The molecule has 1 unspecified atom stereocenters. The first-order valence-electron chi connectivity index (χ1n) is 6.52. The van der Waals surface area contributed by atoms with Crippen LogP contribution in [-0.4, -0.2) is 38.8 Å². The standard InChI is InChI=1S/C13H24N2O2/c1-14-11-13(16)15-9-10-17-12-7-5-3-2-4-6-8-12/h5,7,12,14H,2-4,6,8-11H2,1H3,(H,15,16)/b7-5-. The Balaban J connectivity index is 2.08. The van der Waals surface area contributed by atoms with E-state index < -0.39 is 0 Å². The van der Waals surface area contributed by atoms with Gasteiger partial charge in [-0.1, -0.05) is 25.0 Å². The molecule has 0 radical (unpaired) electrons. The molecule has 1 aliphatic rings. The summed E-state index contributed by atoms with van der Waals surface area (Å²) in [6.07, 6.45) is 10.7. The van der Waals surface area contributed by atoms with Crippen LogP contribution in [0.1, 0.15) is 32.1 Å². The first-order chi connectivity index (χ1) is 8.33. The van der Waals surface area contributed by atoms with Gasteiger partial charge in [0.2, 0.25) is 5.91 Å². The second-order valence-corrected chi connectivity index (χ2v) is 4.36. The molecule has 0 saturated carbocycles. The third kappa shape index (κ3) is 7.13. The highest BCUT2D eigenvalue weighted by molar-refractivity contribution is 5.77. The largest absolute Gasteiger partial charge is 0.372 e. The Kier molecular flexibility index (Phi) is 7.67. The molecule has 1 aliphatic carbocycles. The van der Waals surface area contributed by atoms with E-state index in [-0.39, 0.29) is 12.0 Å². The zero-order valence-corrected chi connectivity index (χ0v) is 10.7. The average Bonchev–Trinajstić information content (AvgIpc) is 2.26. The summed E-state index contributed by atoms with van der Waals surface area (Å²) in [7, 11) is 1.76. The molecule has 17 heavy (non-hydrogen) atoms. The van der Waals surface area contributed by atoms with E-state index in [1.54, 1.807) is 7.05 Å². The fourth-order valence-corrected chi connectivity index (χ4v) is 1.89. The van der Waals surface area contributed by atoms with Crippen LogP contribution >= 0.6 is 0 Å². The van der Waals surface area contributed by atoms with Crippen molar-refractivity contribution < 1.29 is 9.53 Å².